The molecule has 102 valence electrons. The Labute approximate surface area is 110 Å². The van der Waals surface area contributed by atoms with E-state index in [9.17, 15) is 9.59 Å². The number of carboxylic acids is 1. The Kier molecular flexibility index (Phi) is 4.46. The largest absolute Gasteiger partial charge is 0.478 e. The summed E-state index contributed by atoms with van der Waals surface area (Å²) < 4.78 is 5.24. The maximum absolute atomic E-state index is 11.8. The van der Waals surface area contributed by atoms with E-state index in [2.05, 4.69) is 10.3 Å². The van der Waals surface area contributed by atoms with Crippen LogP contribution in [0.4, 0.5) is 5.82 Å². The molecule has 6 heteroatoms. The molecule has 0 unspecified atom stereocenters. The van der Waals surface area contributed by atoms with Crippen molar-refractivity contribution in [2.75, 3.05) is 18.5 Å². The summed E-state index contributed by atoms with van der Waals surface area (Å²) in [6, 6.07) is 2.91. The zero-order valence-electron chi connectivity index (χ0n) is 10.5. The number of carbonyl (C=O) groups is 2. The second-order valence-electron chi connectivity index (χ2n) is 4.55. The van der Waals surface area contributed by atoms with Crippen LogP contribution in [0.5, 0.6) is 0 Å². The van der Waals surface area contributed by atoms with Crippen LogP contribution in [-0.2, 0) is 9.53 Å². The van der Waals surface area contributed by atoms with E-state index in [1.807, 2.05) is 0 Å². The minimum Gasteiger partial charge on any atom is -0.478 e. The van der Waals surface area contributed by atoms with Gasteiger partial charge in [-0.1, -0.05) is 0 Å². The van der Waals surface area contributed by atoms with Gasteiger partial charge < -0.3 is 15.2 Å². The molecule has 0 saturated carbocycles. The average Bonchev–Trinajstić information content (AvgIpc) is 2.40. The molecule has 0 aromatic carbocycles. The predicted molar refractivity (Wildman–Crippen MR) is 68.0 cm³/mol. The number of hydrogen-bond donors (Lipinski definition) is 2. The zero-order valence-corrected chi connectivity index (χ0v) is 10.5. The number of amides is 1. The maximum Gasteiger partial charge on any atom is 0.337 e. The van der Waals surface area contributed by atoms with E-state index in [1.54, 1.807) is 0 Å². The van der Waals surface area contributed by atoms with Crippen LogP contribution in [0.1, 0.15) is 29.6 Å². The first-order valence-corrected chi connectivity index (χ1v) is 6.22. The average molecular weight is 264 g/mol. The number of aromatic nitrogens is 1. The van der Waals surface area contributed by atoms with Crippen molar-refractivity contribution < 1.29 is 19.4 Å². The lowest BCUT2D eigenvalue weighted by Crippen LogP contribution is -2.22. The highest BCUT2D eigenvalue weighted by atomic mass is 16.5. The molecular formula is C13H16N2O4. The first-order chi connectivity index (χ1) is 9.15. The summed E-state index contributed by atoms with van der Waals surface area (Å²) >= 11 is 0. The van der Waals surface area contributed by atoms with Crippen LogP contribution in [-0.4, -0.2) is 35.2 Å². The van der Waals surface area contributed by atoms with Crippen molar-refractivity contribution in [3.63, 3.8) is 0 Å². The Hall–Kier alpha value is -1.95. The van der Waals surface area contributed by atoms with E-state index in [-0.39, 0.29) is 11.5 Å². The molecule has 2 heterocycles. The topological polar surface area (TPSA) is 88.5 Å². The highest BCUT2D eigenvalue weighted by Crippen LogP contribution is 2.19. The van der Waals surface area contributed by atoms with E-state index in [4.69, 9.17) is 9.84 Å². The molecule has 1 fully saturated rings. The van der Waals surface area contributed by atoms with Crippen LogP contribution < -0.4 is 5.32 Å². The van der Waals surface area contributed by atoms with E-state index in [1.165, 1.54) is 18.3 Å². The van der Waals surface area contributed by atoms with E-state index < -0.39 is 5.97 Å². The molecule has 0 aliphatic carbocycles. The van der Waals surface area contributed by atoms with Gasteiger partial charge in [-0.3, -0.25) is 4.79 Å². The Morgan fingerprint density at radius 1 is 1.37 bits per heavy atom. The molecule has 1 amide bonds. The molecule has 1 aromatic heterocycles. The smallest absolute Gasteiger partial charge is 0.337 e. The molecule has 0 bridgehead atoms. The first-order valence-electron chi connectivity index (χ1n) is 6.22. The minimum absolute atomic E-state index is 0.0949. The van der Waals surface area contributed by atoms with Crippen LogP contribution in [0, 0.1) is 5.92 Å². The van der Waals surface area contributed by atoms with Gasteiger partial charge in [0.2, 0.25) is 5.91 Å². The van der Waals surface area contributed by atoms with Crippen molar-refractivity contribution in [1.29, 1.82) is 0 Å². The molecule has 6 nitrogen and oxygen atoms in total. The second-order valence-corrected chi connectivity index (χ2v) is 4.55. The summed E-state index contributed by atoms with van der Waals surface area (Å²) in [6.07, 6.45) is 3.48. The third kappa shape index (κ3) is 4.03. The number of aromatic carboxylic acids is 1. The van der Waals surface area contributed by atoms with Crippen molar-refractivity contribution in [3.8, 4) is 0 Å². The molecular weight excluding hydrogens is 248 g/mol. The Morgan fingerprint density at radius 3 is 2.68 bits per heavy atom. The molecule has 1 aliphatic heterocycles. The van der Waals surface area contributed by atoms with Gasteiger partial charge in [-0.15, -0.1) is 0 Å². The molecule has 19 heavy (non-hydrogen) atoms. The van der Waals surface area contributed by atoms with Gasteiger partial charge in [-0.25, -0.2) is 9.78 Å². The number of rotatable bonds is 4. The van der Waals surface area contributed by atoms with Gasteiger partial charge >= 0.3 is 5.97 Å². The summed E-state index contributed by atoms with van der Waals surface area (Å²) in [4.78, 5) is 26.3. The molecule has 2 rings (SSSR count). The third-order valence-electron chi connectivity index (χ3n) is 3.09. The number of hydrogen-bond acceptors (Lipinski definition) is 4. The lowest BCUT2D eigenvalue weighted by atomic mass is 9.96. The van der Waals surface area contributed by atoms with Gasteiger partial charge in [0.1, 0.15) is 5.82 Å². The van der Waals surface area contributed by atoms with Gasteiger partial charge in [0.25, 0.3) is 0 Å². The molecule has 0 radical (unpaired) electrons. The minimum atomic E-state index is -1.03. The normalized spacial score (nSPS) is 16.0. The molecule has 2 N–H and O–H groups in total. The summed E-state index contributed by atoms with van der Waals surface area (Å²) in [5, 5.41) is 11.4. The summed E-state index contributed by atoms with van der Waals surface area (Å²) in [6.45, 7) is 1.42. The van der Waals surface area contributed by atoms with Gasteiger partial charge in [-0.2, -0.15) is 0 Å². The van der Waals surface area contributed by atoms with E-state index in [0.29, 0.717) is 31.4 Å². The molecule has 0 spiro atoms. The maximum atomic E-state index is 11.8. The fourth-order valence-electron chi connectivity index (χ4n) is 2.00. The third-order valence-corrected chi connectivity index (χ3v) is 3.09. The van der Waals surface area contributed by atoms with Crippen molar-refractivity contribution in [2.45, 2.75) is 19.3 Å². The summed E-state index contributed by atoms with van der Waals surface area (Å²) in [7, 11) is 0. The molecule has 0 atom stereocenters. The van der Waals surface area contributed by atoms with E-state index >= 15 is 0 Å². The number of ether oxygens (including phenoxy) is 1. The van der Waals surface area contributed by atoms with Crippen LogP contribution in [0.3, 0.4) is 0 Å². The Balaban J connectivity index is 1.85. The van der Waals surface area contributed by atoms with Crippen molar-refractivity contribution in [3.05, 3.63) is 23.9 Å². The lowest BCUT2D eigenvalue weighted by molar-refractivity contribution is -0.117. The van der Waals surface area contributed by atoms with Gasteiger partial charge in [0.15, 0.2) is 0 Å². The van der Waals surface area contributed by atoms with Crippen LogP contribution in [0.2, 0.25) is 0 Å². The molecule has 1 aliphatic rings. The number of carboxylic acid groups (broad SMARTS) is 1. The SMILES string of the molecule is O=C(CC1CCOCC1)Nc1ccc(C(=O)O)cn1. The highest BCUT2D eigenvalue weighted by Gasteiger charge is 2.17. The second kappa shape index (κ2) is 6.29. The van der Waals surface area contributed by atoms with Gasteiger partial charge in [0.05, 0.1) is 5.56 Å². The zero-order chi connectivity index (χ0) is 13.7. The number of nitrogens with zero attached hydrogens (tertiary/aromatic N) is 1. The standard InChI is InChI=1S/C13H16N2O4/c16-12(7-9-3-5-19-6-4-9)15-11-2-1-10(8-14-11)13(17)18/h1-2,8-9H,3-7H2,(H,17,18)(H,14,15,16). The first kappa shape index (κ1) is 13.5. The number of carbonyl (C=O) groups excluding carboxylic acids is 1. The monoisotopic (exact) mass is 264 g/mol. The fourth-order valence-corrected chi connectivity index (χ4v) is 2.00. The summed E-state index contributed by atoms with van der Waals surface area (Å²) in [5.74, 6) is -0.399. The Bertz CT molecular complexity index is 452. The summed E-state index contributed by atoms with van der Waals surface area (Å²) in [5.41, 5.74) is 0.0995. The predicted octanol–water partition coefficient (Wildman–Crippen LogP) is 1.53. The molecule has 1 saturated heterocycles. The molecule has 1 aromatic rings. The van der Waals surface area contributed by atoms with Crippen LogP contribution >= 0.6 is 0 Å². The van der Waals surface area contributed by atoms with E-state index in [0.717, 1.165) is 12.8 Å². The Morgan fingerprint density at radius 2 is 2.11 bits per heavy atom. The van der Waals surface area contributed by atoms with Crippen molar-refractivity contribution >= 4 is 17.7 Å². The quantitative estimate of drug-likeness (QED) is 0.861. The lowest BCUT2D eigenvalue weighted by Gasteiger charge is -2.21. The van der Waals surface area contributed by atoms with Crippen molar-refractivity contribution in [1.82, 2.24) is 4.98 Å². The number of nitrogens with one attached hydrogen (secondary N) is 1. The van der Waals surface area contributed by atoms with Crippen LogP contribution in [0.25, 0.3) is 0 Å². The fraction of sp³-hybridized carbons (Fsp3) is 0.462. The highest BCUT2D eigenvalue weighted by molar-refractivity contribution is 5.91. The number of anilines is 1. The van der Waals surface area contributed by atoms with Gasteiger partial charge in [0, 0.05) is 25.8 Å². The number of pyridine rings is 1. The van der Waals surface area contributed by atoms with Crippen molar-refractivity contribution in [2.24, 2.45) is 5.92 Å². The van der Waals surface area contributed by atoms with Crippen LogP contribution in [0.15, 0.2) is 18.3 Å². The van der Waals surface area contributed by atoms with Gasteiger partial charge in [-0.05, 0) is 30.9 Å².